The lowest BCUT2D eigenvalue weighted by Crippen LogP contribution is -2.23. The molecule has 0 bridgehead atoms. The number of rotatable bonds is 2. The first-order valence-electron chi connectivity index (χ1n) is 4.30. The molecule has 0 saturated heterocycles. The van der Waals surface area contributed by atoms with Gasteiger partial charge in [0.1, 0.15) is 0 Å². The fraction of sp³-hybridized carbons (Fsp3) is 0.375. The number of carboxylic acids is 1. The number of aromatic nitrogens is 2. The number of nitrogens with two attached hydrogens (primary N) is 1. The minimum atomic E-state index is -4.75. The first kappa shape index (κ1) is 13.0. The maximum atomic E-state index is 12.6. The highest BCUT2D eigenvalue weighted by Gasteiger charge is 2.38. The van der Waals surface area contributed by atoms with Crippen LogP contribution >= 0.6 is 0 Å². The molecule has 0 aliphatic rings. The second-order valence-electron chi connectivity index (χ2n) is 3.33. The van der Waals surface area contributed by atoms with Crippen LogP contribution < -0.4 is 10.6 Å². The number of carboxylic acid groups (broad SMARTS) is 1. The van der Waals surface area contributed by atoms with E-state index in [4.69, 9.17) is 10.8 Å². The summed E-state index contributed by atoms with van der Waals surface area (Å²) in [6, 6.07) is 0. The molecule has 94 valence electrons. The average Bonchev–Trinajstić information content (AvgIpc) is 2.14. The zero-order valence-electron chi connectivity index (χ0n) is 8.91. The minimum Gasteiger partial charge on any atom is -0.476 e. The SMILES string of the molecule is CN(C)c1nc(C(=O)O)c(N)nc1C(F)(F)F. The van der Waals surface area contributed by atoms with Gasteiger partial charge in [0.15, 0.2) is 23.0 Å². The average molecular weight is 250 g/mol. The van der Waals surface area contributed by atoms with Crippen LogP contribution in [0.15, 0.2) is 0 Å². The standard InChI is InChI=1S/C8H9F3N4O2/c1-15(2)6-4(8(9,10)11)14-5(12)3(13-6)7(16)17/h1-2H3,(H2,12,14)(H,16,17). The van der Waals surface area contributed by atoms with Crippen molar-refractivity contribution in [2.45, 2.75) is 6.18 Å². The Hall–Kier alpha value is -2.06. The summed E-state index contributed by atoms with van der Waals surface area (Å²) in [6.45, 7) is 0. The van der Waals surface area contributed by atoms with Gasteiger partial charge in [0.05, 0.1) is 0 Å². The Morgan fingerprint density at radius 3 is 2.24 bits per heavy atom. The van der Waals surface area contributed by atoms with Gasteiger partial charge in [0, 0.05) is 14.1 Å². The van der Waals surface area contributed by atoms with E-state index in [-0.39, 0.29) is 0 Å². The van der Waals surface area contributed by atoms with Crippen LogP contribution in [0.2, 0.25) is 0 Å². The Kier molecular flexibility index (Phi) is 3.12. The number of nitrogens with zero attached hydrogens (tertiary/aromatic N) is 3. The molecule has 0 radical (unpaired) electrons. The topological polar surface area (TPSA) is 92.3 Å². The lowest BCUT2D eigenvalue weighted by Gasteiger charge is -2.18. The summed E-state index contributed by atoms with van der Waals surface area (Å²) >= 11 is 0. The van der Waals surface area contributed by atoms with Crippen LogP contribution in [0.1, 0.15) is 16.2 Å². The molecule has 6 nitrogen and oxygen atoms in total. The second-order valence-corrected chi connectivity index (χ2v) is 3.33. The van der Waals surface area contributed by atoms with Gasteiger partial charge in [0.2, 0.25) is 0 Å². The molecule has 0 unspecified atom stereocenters. The lowest BCUT2D eigenvalue weighted by molar-refractivity contribution is -0.140. The molecule has 0 saturated carbocycles. The van der Waals surface area contributed by atoms with Crippen molar-refractivity contribution in [2.75, 3.05) is 24.7 Å². The van der Waals surface area contributed by atoms with Crippen LogP contribution in [0.3, 0.4) is 0 Å². The maximum absolute atomic E-state index is 12.6. The molecule has 9 heteroatoms. The second kappa shape index (κ2) is 4.07. The lowest BCUT2D eigenvalue weighted by atomic mass is 10.3. The third-order valence-electron chi connectivity index (χ3n) is 1.80. The number of aromatic carboxylic acids is 1. The summed E-state index contributed by atoms with van der Waals surface area (Å²) in [5.74, 6) is -2.90. The van der Waals surface area contributed by atoms with E-state index in [1.807, 2.05) is 0 Å². The van der Waals surface area contributed by atoms with E-state index >= 15 is 0 Å². The summed E-state index contributed by atoms with van der Waals surface area (Å²) in [6.07, 6.45) is -4.75. The third-order valence-corrected chi connectivity index (χ3v) is 1.80. The van der Waals surface area contributed by atoms with Gasteiger partial charge >= 0.3 is 12.1 Å². The van der Waals surface area contributed by atoms with Crippen molar-refractivity contribution < 1.29 is 23.1 Å². The number of hydrogen-bond acceptors (Lipinski definition) is 5. The summed E-state index contributed by atoms with van der Waals surface area (Å²) < 4.78 is 37.8. The van der Waals surface area contributed by atoms with Gasteiger partial charge in [-0.2, -0.15) is 13.2 Å². The molecule has 1 aromatic rings. The highest BCUT2D eigenvalue weighted by atomic mass is 19.4. The molecule has 0 fully saturated rings. The van der Waals surface area contributed by atoms with Gasteiger partial charge in [-0.15, -0.1) is 0 Å². The zero-order valence-corrected chi connectivity index (χ0v) is 8.91. The number of alkyl halides is 3. The number of anilines is 2. The highest BCUT2D eigenvalue weighted by molar-refractivity contribution is 5.90. The number of nitrogen functional groups attached to an aromatic ring is 1. The molecule has 0 spiro atoms. The summed E-state index contributed by atoms with van der Waals surface area (Å²) in [5, 5.41) is 8.68. The van der Waals surface area contributed by atoms with Gasteiger partial charge in [-0.05, 0) is 0 Å². The number of hydrogen-bond donors (Lipinski definition) is 2. The van der Waals surface area contributed by atoms with Crippen molar-refractivity contribution in [1.29, 1.82) is 0 Å². The minimum absolute atomic E-state index is 0.593. The van der Waals surface area contributed by atoms with Crippen LogP contribution in [0, 0.1) is 0 Å². The van der Waals surface area contributed by atoms with Gasteiger partial charge < -0.3 is 15.7 Å². The van der Waals surface area contributed by atoms with Crippen LogP contribution in [0.25, 0.3) is 0 Å². The van der Waals surface area contributed by atoms with Crippen molar-refractivity contribution >= 4 is 17.6 Å². The normalized spacial score (nSPS) is 11.4. The van der Waals surface area contributed by atoms with E-state index < -0.39 is 35.2 Å². The van der Waals surface area contributed by atoms with E-state index in [9.17, 15) is 18.0 Å². The molecular weight excluding hydrogens is 241 g/mol. The smallest absolute Gasteiger partial charge is 0.437 e. The third kappa shape index (κ3) is 2.55. The van der Waals surface area contributed by atoms with Crippen molar-refractivity contribution in [3.05, 3.63) is 11.4 Å². The zero-order chi connectivity index (χ0) is 13.4. The van der Waals surface area contributed by atoms with Crippen molar-refractivity contribution in [2.24, 2.45) is 0 Å². The summed E-state index contributed by atoms with van der Waals surface area (Å²) in [4.78, 5) is 18.1. The Balaban J connectivity index is 3.53. The largest absolute Gasteiger partial charge is 0.476 e. The van der Waals surface area contributed by atoms with Crippen molar-refractivity contribution in [1.82, 2.24) is 9.97 Å². The van der Waals surface area contributed by atoms with E-state index in [2.05, 4.69) is 9.97 Å². The Labute approximate surface area is 93.9 Å². The van der Waals surface area contributed by atoms with E-state index in [0.29, 0.717) is 0 Å². The fourth-order valence-corrected chi connectivity index (χ4v) is 1.10. The van der Waals surface area contributed by atoms with E-state index in [0.717, 1.165) is 4.90 Å². The van der Waals surface area contributed by atoms with Gasteiger partial charge in [-0.1, -0.05) is 0 Å². The Bertz CT molecular complexity index is 459. The molecular formula is C8H9F3N4O2. The quantitative estimate of drug-likeness (QED) is 0.808. The Morgan fingerprint density at radius 1 is 1.35 bits per heavy atom. The molecule has 3 N–H and O–H groups in total. The van der Waals surface area contributed by atoms with Gasteiger partial charge in [-0.3, -0.25) is 0 Å². The van der Waals surface area contributed by atoms with Crippen LogP contribution in [0.5, 0.6) is 0 Å². The highest BCUT2D eigenvalue weighted by Crippen LogP contribution is 2.34. The molecule has 1 aromatic heterocycles. The molecule has 1 rings (SSSR count). The van der Waals surface area contributed by atoms with Crippen LogP contribution in [-0.2, 0) is 6.18 Å². The predicted molar refractivity (Wildman–Crippen MR) is 52.7 cm³/mol. The van der Waals surface area contributed by atoms with Gasteiger partial charge in [0.25, 0.3) is 0 Å². The molecule has 0 atom stereocenters. The van der Waals surface area contributed by atoms with Crippen molar-refractivity contribution in [3.63, 3.8) is 0 Å². The molecule has 17 heavy (non-hydrogen) atoms. The molecule has 0 aliphatic heterocycles. The molecule has 0 aliphatic carbocycles. The Morgan fingerprint density at radius 2 is 1.88 bits per heavy atom. The van der Waals surface area contributed by atoms with E-state index in [1.165, 1.54) is 14.1 Å². The van der Waals surface area contributed by atoms with Crippen LogP contribution in [0.4, 0.5) is 24.8 Å². The first-order chi connectivity index (χ1) is 7.64. The summed E-state index contributed by atoms with van der Waals surface area (Å²) in [7, 11) is 2.59. The van der Waals surface area contributed by atoms with Crippen molar-refractivity contribution in [3.8, 4) is 0 Å². The molecule has 1 heterocycles. The van der Waals surface area contributed by atoms with Crippen LogP contribution in [-0.4, -0.2) is 35.1 Å². The number of halogens is 3. The molecule has 0 amide bonds. The monoisotopic (exact) mass is 250 g/mol. The van der Waals surface area contributed by atoms with E-state index in [1.54, 1.807) is 0 Å². The van der Waals surface area contributed by atoms with Gasteiger partial charge in [-0.25, -0.2) is 14.8 Å². The maximum Gasteiger partial charge on any atom is 0.437 e. The summed E-state index contributed by atoms with van der Waals surface area (Å²) in [5.41, 5.74) is 3.09. The number of carbonyl (C=O) groups is 1. The molecule has 0 aromatic carbocycles. The predicted octanol–water partition coefficient (Wildman–Crippen LogP) is 0.842. The fourth-order valence-electron chi connectivity index (χ4n) is 1.10. The first-order valence-corrected chi connectivity index (χ1v) is 4.30.